The number of piperazine rings is 1. The Morgan fingerprint density at radius 3 is 2.68 bits per heavy atom. The van der Waals surface area contributed by atoms with Gasteiger partial charge in [-0.3, -0.25) is 0 Å². The van der Waals surface area contributed by atoms with Crippen molar-refractivity contribution in [2.24, 2.45) is 11.3 Å². The topological polar surface area (TPSA) is 32.3 Å². The largest absolute Gasteiger partial charge is 0.353 e. The monoisotopic (exact) mass is 358 g/mol. The summed E-state index contributed by atoms with van der Waals surface area (Å²) in [7, 11) is 2.21. The Labute approximate surface area is 155 Å². The van der Waals surface area contributed by atoms with Crippen molar-refractivity contribution in [3.63, 3.8) is 0 Å². The van der Waals surface area contributed by atoms with E-state index in [-0.39, 0.29) is 0 Å². The predicted molar refractivity (Wildman–Crippen MR) is 107 cm³/mol. The summed E-state index contributed by atoms with van der Waals surface area (Å²) in [4.78, 5) is 17.0. The minimum Gasteiger partial charge on any atom is -0.353 e. The molecule has 0 amide bonds. The minimum absolute atomic E-state index is 0.412. The van der Waals surface area contributed by atoms with Gasteiger partial charge in [-0.2, -0.15) is 0 Å². The molecule has 3 heterocycles. The number of hydrogen-bond acceptors (Lipinski definition) is 5. The number of aromatic nitrogens is 2. The lowest BCUT2D eigenvalue weighted by Gasteiger charge is -2.37. The zero-order valence-electron chi connectivity index (χ0n) is 16.0. The highest BCUT2D eigenvalue weighted by atomic mass is 32.1. The van der Waals surface area contributed by atoms with Gasteiger partial charge < -0.3 is 9.80 Å². The highest BCUT2D eigenvalue weighted by Crippen LogP contribution is 2.46. The van der Waals surface area contributed by atoms with E-state index in [1.807, 2.05) is 11.3 Å². The number of nitrogens with zero attached hydrogens (tertiary/aromatic N) is 4. The Hall–Kier alpha value is -1.20. The van der Waals surface area contributed by atoms with Gasteiger partial charge in [0.1, 0.15) is 17.0 Å². The Bertz CT molecular complexity index is 758. The second-order valence-corrected chi connectivity index (χ2v) is 9.54. The quantitative estimate of drug-likeness (QED) is 0.831. The van der Waals surface area contributed by atoms with Gasteiger partial charge in [-0.25, -0.2) is 9.97 Å². The van der Waals surface area contributed by atoms with Crippen molar-refractivity contribution >= 4 is 27.4 Å². The van der Waals surface area contributed by atoms with E-state index in [1.165, 1.54) is 41.7 Å². The summed E-state index contributed by atoms with van der Waals surface area (Å²) in [6.07, 6.45) is 6.75. The molecule has 0 N–H and O–H groups in total. The summed E-state index contributed by atoms with van der Waals surface area (Å²) in [6, 6.07) is 0. The highest BCUT2D eigenvalue weighted by molar-refractivity contribution is 7.19. The van der Waals surface area contributed by atoms with Crippen LogP contribution in [-0.4, -0.2) is 48.1 Å². The average molecular weight is 359 g/mol. The first-order chi connectivity index (χ1) is 12.0. The molecule has 136 valence electrons. The van der Waals surface area contributed by atoms with E-state index >= 15 is 0 Å². The highest BCUT2D eigenvalue weighted by Gasteiger charge is 2.34. The number of rotatable bonds is 3. The molecule has 0 bridgehead atoms. The van der Waals surface area contributed by atoms with E-state index < -0.39 is 0 Å². The first-order valence-electron chi connectivity index (χ1n) is 9.68. The fraction of sp³-hybridized carbons (Fsp3) is 0.700. The van der Waals surface area contributed by atoms with Crippen LogP contribution in [0.2, 0.25) is 0 Å². The molecule has 1 aliphatic heterocycles. The number of hydrogen-bond donors (Lipinski definition) is 0. The minimum atomic E-state index is 0.412. The molecule has 1 atom stereocenters. The Morgan fingerprint density at radius 2 is 1.96 bits per heavy atom. The maximum atomic E-state index is 4.75. The van der Waals surface area contributed by atoms with Gasteiger partial charge in [-0.1, -0.05) is 27.2 Å². The molecule has 25 heavy (non-hydrogen) atoms. The van der Waals surface area contributed by atoms with Gasteiger partial charge in [0, 0.05) is 31.1 Å². The summed E-state index contributed by atoms with van der Waals surface area (Å²) in [5.74, 6) is 1.95. The van der Waals surface area contributed by atoms with Crippen LogP contribution >= 0.6 is 11.3 Å². The maximum Gasteiger partial charge on any atom is 0.141 e. The van der Waals surface area contributed by atoms with Crippen molar-refractivity contribution in [1.29, 1.82) is 0 Å². The van der Waals surface area contributed by atoms with E-state index in [0.717, 1.165) is 32.1 Å². The fourth-order valence-electron chi connectivity index (χ4n) is 4.31. The SMILES string of the molecule is CCC(C)(C)[C@H]1CCc2sc3ncnc(N4CCN(C)CC4)c3c2C1. The van der Waals surface area contributed by atoms with E-state index in [0.29, 0.717) is 5.41 Å². The Morgan fingerprint density at radius 1 is 1.20 bits per heavy atom. The first kappa shape index (κ1) is 17.2. The van der Waals surface area contributed by atoms with Crippen LogP contribution in [0.4, 0.5) is 5.82 Å². The van der Waals surface area contributed by atoms with Gasteiger partial charge in [0.25, 0.3) is 0 Å². The maximum absolute atomic E-state index is 4.75. The van der Waals surface area contributed by atoms with Gasteiger partial charge in [0.2, 0.25) is 0 Å². The zero-order valence-corrected chi connectivity index (χ0v) is 16.8. The number of likely N-dealkylation sites (N-methyl/N-ethyl adjacent to an activating group) is 1. The van der Waals surface area contributed by atoms with E-state index in [1.54, 1.807) is 16.8 Å². The second kappa shape index (κ2) is 6.51. The molecule has 4 rings (SSSR count). The molecule has 1 fully saturated rings. The number of aryl methyl sites for hydroxylation is 1. The zero-order chi connectivity index (χ0) is 17.6. The summed E-state index contributed by atoms with van der Waals surface area (Å²) in [6.45, 7) is 11.6. The van der Waals surface area contributed by atoms with Crippen LogP contribution in [0.3, 0.4) is 0 Å². The number of thiophene rings is 1. The van der Waals surface area contributed by atoms with Crippen LogP contribution in [0.15, 0.2) is 6.33 Å². The standard InChI is InChI=1S/C20H30N4S/c1-5-20(2,3)14-6-7-16-15(12-14)17-18(21-13-22-19(17)25-16)24-10-8-23(4)9-11-24/h13-14H,5-12H2,1-4H3/t14-/m0/s1. The summed E-state index contributed by atoms with van der Waals surface area (Å²) in [5, 5.41) is 1.36. The van der Waals surface area contributed by atoms with Crippen molar-refractivity contribution in [2.45, 2.75) is 46.5 Å². The smallest absolute Gasteiger partial charge is 0.141 e. The molecular formula is C20H30N4S. The average Bonchev–Trinajstić information content (AvgIpc) is 3.00. The van der Waals surface area contributed by atoms with Crippen LogP contribution in [0.1, 0.15) is 44.1 Å². The number of fused-ring (bicyclic) bond motifs is 3. The van der Waals surface area contributed by atoms with Crippen LogP contribution < -0.4 is 4.90 Å². The third-order valence-corrected chi connectivity index (χ3v) is 7.84. The van der Waals surface area contributed by atoms with Gasteiger partial charge in [-0.15, -0.1) is 11.3 Å². The summed E-state index contributed by atoms with van der Waals surface area (Å²) >= 11 is 1.91. The molecule has 0 spiro atoms. The Kier molecular flexibility index (Phi) is 4.49. The third kappa shape index (κ3) is 3.06. The van der Waals surface area contributed by atoms with Crippen molar-refractivity contribution in [1.82, 2.24) is 14.9 Å². The normalized spacial score (nSPS) is 22.4. The van der Waals surface area contributed by atoms with Crippen LogP contribution in [0, 0.1) is 11.3 Å². The molecule has 0 saturated carbocycles. The van der Waals surface area contributed by atoms with Crippen molar-refractivity contribution in [2.75, 3.05) is 38.1 Å². The van der Waals surface area contributed by atoms with E-state index in [2.05, 4.69) is 42.6 Å². The van der Waals surface area contributed by atoms with Crippen molar-refractivity contribution in [3.05, 3.63) is 16.8 Å². The molecule has 0 aromatic carbocycles. The van der Waals surface area contributed by atoms with E-state index in [4.69, 9.17) is 4.98 Å². The molecule has 0 radical (unpaired) electrons. The van der Waals surface area contributed by atoms with Crippen LogP contribution in [0.5, 0.6) is 0 Å². The van der Waals surface area contributed by atoms with Gasteiger partial charge in [0.15, 0.2) is 0 Å². The fourth-order valence-corrected chi connectivity index (χ4v) is 5.48. The first-order valence-corrected chi connectivity index (χ1v) is 10.5. The molecule has 4 nitrogen and oxygen atoms in total. The molecular weight excluding hydrogens is 328 g/mol. The van der Waals surface area contributed by atoms with Gasteiger partial charge in [0.05, 0.1) is 5.39 Å². The molecule has 2 aliphatic rings. The molecule has 0 unspecified atom stereocenters. The summed E-state index contributed by atoms with van der Waals surface area (Å²) < 4.78 is 0. The molecule has 1 saturated heterocycles. The molecule has 2 aromatic heterocycles. The lowest BCUT2D eigenvalue weighted by atomic mass is 9.69. The van der Waals surface area contributed by atoms with Crippen LogP contribution in [0.25, 0.3) is 10.2 Å². The lowest BCUT2D eigenvalue weighted by molar-refractivity contribution is 0.184. The third-order valence-electron chi connectivity index (χ3n) is 6.64. The predicted octanol–water partition coefficient (Wildman–Crippen LogP) is 3.98. The van der Waals surface area contributed by atoms with Crippen LogP contribution in [-0.2, 0) is 12.8 Å². The van der Waals surface area contributed by atoms with Gasteiger partial charge in [-0.05, 0) is 43.2 Å². The second-order valence-electron chi connectivity index (χ2n) is 8.45. The van der Waals surface area contributed by atoms with Gasteiger partial charge >= 0.3 is 0 Å². The number of anilines is 1. The Balaban J connectivity index is 1.74. The van der Waals surface area contributed by atoms with E-state index in [9.17, 15) is 0 Å². The van der Waals surface area contributed by atoms with Crippen molar-refractivity contribution < 1.29 is 0 Å². The molecule has 2 aromatic rings. The molecule has 5 heteroatoms. The summed E-state index contributed by atoms with van der Waals surface area (Å²) in [5.41, 5.74) is 1.97. The molecule has 1 aliphatic carbocycles. The lowest BCUT2D eigenvalue weighted by Crippen LogP contribution is -2.45. The van der Waals surface area contributed by atoms with Crippen molar-refractivity contribution in [3.8, 4) is 0 Å².